The topological polar surface area (TPSA) is 259 Å². The maximum Gasteiger partial charge on any atom is 0.315 e. The zero-order chi connectivity index (χ0) is 44.7. The van der Waals surface area contributed by atoms with Crippen LogP contribution in [-0.2, 0) is 74.8 Å². The largest absolute Gasteiger partial charge is 1.00 e. The number of amides is 4. The van der Waals surface area contributed by atoms with Crippen LogP contribution in [0, 0.1) is 0 Å². The molecule has 2 aliphatic heterocycles. The first-order chi connectivity index (χ1) is 31.0. The highest BCUT2D eigenvalue weighted by atomic mass is 35.5. The number of hydrogen-bond donors (Lipinski definition) is 5. The molecule has 0 saturated carbocycles. The number of fused-ring (bicyclic) bond motifs is 1. The molecule has 1 aromatic heterocycles. The van der Waals surface area contributed by atoms with E-state index in [1.54, 1.807) is 4.68 Å². The molecular weight excluding hydrogens is 884 g/mol. The lowest BCUT2D eigenvalue weighted by Gasteiger charge is -2.16. The molecule has 0 aliphatic carbocycles. The van der Waals surface area contributed by atoms with Crippen LogP contribution in [0.4, 0.5) is 4.79 Å². The highest BCUT2D eigenvalue weighted by molar-refractivity contribution is 8.00. The Morgan fingerprint density at radius 3 is 1.69 bits per heavy atom. The van der Waals surface area contributed by atoms with E-state index in [4.69, 9.17) is 52.1 Å². The molecule has 0 radical (unpaired) electrons. The lowest BCUT2D eigenvalue weighted by molar-refractivity contribution is -0.374. The molecule has 64 heavy (non-hydrogen) atoms. The minimum atomic E-state index is -0.0963. The molecule has 2 saturated heterocycles. The van der Waals surface area contributed by atoms with Gasteiger partial charge in [0.25, 0.3) is 0 Å². The molecule has 0 aromatic carbocycles. The molecule has 0 bridgehead atoms. The molecular formula is C40H75ClN8O14S. The number of carbonyl (C=O) groups is 3. The van der Waals surface area contributed by atoms with Crippen LogP contribution in [0.25, 0.3) is 0 Å². The Balaban J connectivity index is 0.0000141. The third kappa shape index (κ3) is 30.7. The van der Waals surface area contributed by atoms with Gasteiger partial charge in [-0.3, -0.25) is 9.59 Å². The predicted octanol–water partition coefficient (Wildman–Crippen LogP) is -4.45. The number of nitrogens with zero attached hydrogens (tertiary/aromatic N) is 3. The molecule has 3 heterocycles. The Labute approximate surface area is 388 Å². The van der Waals surface area contributed by atoms with Gasteiger partial charge in [-0.15, -0.1) is 5.10 Å². The van der Waals surface area contributed by atoms with Crippen LogP contribution in [0.5, 0.6) is 0 Å². The summed E-state index contributed by atoms with van der Waals surface area (Å²) in [5.74, 6) is 0.883. The number of hydrogen-bond acceptors (Lipinski definition) is 17. The molecule has 2 fully saturated rings. The molecule has 7 N–H and O–H groups in total. The van der Waals surface area contributed by atoms with Crippen molar-refractivity contribution < 1.29 is 84.6 Å². The minimum Gasteiger partial charge on any atom is -1.00 e. The first-order valence-electron chi connectivity index (χ1n) is 22.3. The number of thioether (sulfide) groups is 1. The number of ether oxygens (including phenoxy) is 11. The zero-order valence-electron chi connectivity index (χ0n) is 37.5. The number of aromatic nitrogens is 3. The fourth-order valence-corrected chi connectivity index (χ4v) is 7.60. The summed E-state index contributed by atoms with van der Waals surface area (Å²) >= 11 is 1.90. The second kappa shape index (κ2) is 40.8. The summed E-state index contributed by atoms with van der Waals surface area (Å²) in [6, 6.07) is 0.376. The second-order valence-corrected chi connectivity index (χ2v) is 15.6. The standard InChI is InChI=1S/C40H74N8O14S.ClH/c41-6-11-53-16-19-57-22-25-59-26-23-58-20-17-55-13-8-43-38(50)5-10-52-15-18-56-21-24-60-27-28-61-29-30-62-32-34-31-48(47-46-34)9-14-54-12-7-42-37(49)4-2-1-3-36-39-35(33-63-36)44-40(51)45-39;/h31,35-36,39H,1-30,32-33,41H2,(H,42,49)(H,43,50)(H2,44,45,51);1H/t35-,36-,39-;/m0./s1. The van der Waals surface area contributed by atoms with E-state index in [1.807, 2.05) is 18.0 Å². The lowest BCUT2D eigenvalue weighted by atomic mass is 10.0. The number of urea groups is 1. The lowest BCUT2D eigenvalue weighted by Crippen LogP contribution is -3.00. The van der Waals surface area contributed by atoms with E-state index >= 15 is 0 Å². The number of carbonyl (C=O) groups excluding carboxylic acids is 3. The van der Waals surface area contributed by atoms with E-state index in [9.17, 15) is 14.4 Å². The van der Waals surface area contributed by atoms with Gasteiger partial charge in [0.1, 0.15) is 5.69 Å². The average Bonchev–Trinajstić information content (AvgIpc) is 4.00. The summed E-state index contributed by atoms with van der Waals surface area (Å²) < 4.78 is 62.0. The van der Waals surface area contributed by atoms with Gasteiger partial charge in [-0.1, -0.05) is 11.6 Å². The highest BCUT2D eigenvalue weighted by Crippen LogP contribution is 2.33. The molecule has 0 unspecified atom stereocenters. The maximum absolute atomic E-state index is 12.1. The van der Waals surface area contributed by atoms with Gasteiger partial charge in [-0.05, 0) is 12.8 Å². The van der Waals surface area contributed by atoms with E-state index in [0.29, 0.717) is 182 Å². The van der Waals surface area contributed by atoms with Gasteiger partial charge in [0.2, 0.25) is 11.8 Å². The van der Waals surface area contributed by atoms with Crippen molar-refractivity contribution in [2.75, 3.05) is 164 Å². The molecule has 3 atom stereocenters. The Hall–Kier alpha value is -2.49. The fourth-order valence-electron chi connectivity index (χ4n) is 6.06. The van der Waals surface area contributed by atoms with Crippen molar-refractivity contribution in [1.29, 1.82) is 0 Å². The predicted molar refractivity (Wildman–Crippen MR) is 230 cm³/mol. The number of nitrogens with one attached hydrogen (secondary N) is 4. The van der Waals surface area contributed by atoms with E-state index in [-0.39, 0.29) is 48.8 Å². The van der Waals surface area contributed by atoms with Gasteiger partial charge in [0, 0.05) is 36.9 Å². The van der Waals surface area contributed by atoms with Gasteiger partial charge in [0.05, 0.1) is 177 Å². The quantitative estimate of drug-likeness (QED) is 0.0305. The normalized spacial score (nSPS) is 16.6. The van der Waals surface area contributed by atoms with Crippen LogP contribution in [0.3, 0.4) is 0 Å². The Morgan fingerprint density at radius 2 is 1.12 bits per heavy atom. The Bertz CT molecular complexity index is 1300. The van der Waals surface area contributed by atoms with E-state index < -0.39 is 0 Å². The van der Waals surface area contributed by atoms with Crippen molar-refractivity contribution in [2.24, 2.45) is 0 Å². The van der Waals surface area contributed by atoms with Gasteiger partial charge in [-0.25, -0.2) is 9.48 Å². The highest BCUT2D eigenvalue weighted by Gasteiger charge is 2.42. The zero-order valence-corrected chi connectivity index (χ0v) is 39.1. The van der Waals surface area contributed by atoms with Crippen molar-refractivity contribution in [2.45, 2.75) is 62.6 Å². The summed E-state index contributed by atoms with van der Waals surface area (Å²) in [5.41, 5.74) is 4.42. The monoisotopic (exact) mass is 958 g/mol. The molecule has 4 amide bonds. The molecule has 22 nitrogen and oxygen atoms in total. The third-order valence-electron chi connectivity index (χ3n) is 9.26. The van der Waals surface area contributed by atoms with E-state index in [1.165, 1.54) is 0 Å². The molecule has 0 spiro atoms. The Morgan fingerprint density at radius 1 is 0.641 bits per heavy atom. The number of quaternary nitrogens is 1. The van der Waals surface area contributed by atoms with Gasteiger partial charge >= 0.3 is 6.03 Å². The van der Waals surface area contributed by atoms with Gasteiger partial charge < -0.3 is 91.5 Å². The SMILES string of the molecule is [Cl-].[NH3+]CCOCCOCCOCCOCCOCCNC(=O)CCOCCOCCOCCOCCOCc1cn(CCOCCNC(=O)CCCC[C@@H]2SC[C@@H]3NC(=O)N[C@@H]32)nn1. The first-order valence-corrected chi connectivity index (χ1v) is 23.4. The first kappa shape index (κ1) is 57.6. The summed E-state index contributed by atoms with van der Waals surface area (Å²) in [5, 5.41) is 20.3. The van der Waals surface area contributed by atoms with Crippen LogP contribution in [-0.4, -0.2) is 214 Å². The van der Waals surface area contributed by atoms with Gasteiger partial charge in [-0.2, -0.15) is 11.8 Å². The summed E-state index contributed by atoms with van der Waals surface area (Å²) in [6.45, 7) is 12.2. The maximum atomic E-state index is 12.1. The van der Waals surface area contributed by atoms with Crippen molar-refractivity contribution in [1.82, 2.24) is 36.3 Å². The molecule has 24 heteroatoms. The van der Waals surface area contributed by atoms with Crippen molar-refractivity contribution in [3.63, 3.8) is 0 Å². The van der Waals surface area contributed by atoms with Crippen LogP contribution in [0.2, 0.25) is 0 Å². The Kier molecular flexibility index (Phi) is 36.7. The van der Waals surface area contributed by atoms with E-state index in [2.05, 4.69) is 37.3 Å². The summed E-state index contributed by atoms with van der Waals surface area (Å²) in [6.07, 6.45) is 5.36. The smallest absolute Gasteiger partial charge is 0.315 e. The number of rotatable bonds is 45. The van der Waals surface area contributed by atoms with Crippen LogP contribution in [0.1, 0.15) is 37.8 Å². The molecule has 372 valence electrons. The molecule has 1 aromatic rings. The van der Waals surface area contributed by atoms with Crippen LogP contribution < -0.4 is 39.4 Å². The average molecular weight is 960 g/mol. The fraction of sp³-hybridized carbons (Fsp3) is 0.875. The van der Waals surface area contributed by atoms with Crippen molar-refractivity contribution in [3.8, 4) is 0 Å². The minimum absolute atomic E-state index is 0. The van der Waals surface area contributed by atoms with Crippen LogP contribution >= 0.6 is 11.8 Å². The second-order valence-electron chi connectivity index (χ2n) is 14.3. The van der Waals surface area contributed by atoms with Crippen molar-refractivity contribution in [3.05, 3.63) is 11.9 Å². The van der Waals surface area contributed by atoms with Crippen LogP contribution in [0.15, 0.2) is 6.20 Å². The summed E-state index contributed by atoms with van der Waals surface area (Å²) in [4.78, 5) is 35.6. The van der Waals surface area contributed by atoms with E-state index in [0.717, 1.165) is 31.6 Å². The van der Waals surface area contributed by atoms with Crippen molar-refractivity contribution >= 4 is 29.6 Å². The number of halogens is 1. The summed E-state index contributed by atoms with van der Waals surface area (Å²) in [7, 11) is 0. The van der Waals surface area contributed by atoms with Gasteiger partial charge in [0.15, 0.2) is 0 Å². The molecule has 3 rings (SSSR count). The third-order valence-corrected chi connectivity index (χ3v) is 10.8. The number of unbranched alkanes of at least 4 members (excludes halogenated alkanes) is 1. The molecule has 2 aliphatic rings.